The molecule has 22 heavy (non-hydrogen) atoms. The molecule has 1 aromatic carbocycles. The highest BCUT2D eigenvalue weighted by Crippen LogP contribution is 2.27. The SMILES string of the molecule is CNCCN(C)C(=O)C1CC(=O)N(c2ccccc2F)C1.Cl. The van der Waals surface area contributed by atoms with E-state index in [1.54, 1.807) is 30.1 Å². The summed E-state index contributed by atoms with van der Waals surface area (Å²) in [6.45, 7) is 1.52. The molecule has 2 amide bonds. The smallest absolute Gasteiger partial charge is 0.227 e. The van der Waals surface area contributed by atoms with Crippen molar-refractivity contribution in [2.45, 2.75) is 6.42 Å². The molecule has 1 fully saturated rings. The Balaban J connectivity index is 0.00000242. The van der Waals surface area contributed by atoms with E-state index < -0.39 is 11.7 Å². The Bertz CT molecular complexity index is 541. The minimum absolute atomic E-state index is 0. The van der Waals surface area contributed by atoms with Crippen LogP contribution in [-0.4, -0.2) is 50.4 Å². The first-order valence-corrected chi connectivity index (χ1v) is 6.99. The molecule has 1 saturated heterocycles. The van der Waals surface area contributed by atoms with E-state index in [1.807, 2.05) is 7.05 Å². The maximum Gasteiger partial charge on any atom is 0.227 e. The highest BCUT2D eigenvalue weighted by atomic mass is 35.5. The fourth-order valence-corrected chi connectivity index (χ4v) is 2.48. The van der Waals surface area contributed by atoms with Crippen LogP contribution in [0.1, 0.15) is 6.42 Å². The van der Waals surface area contributed by atoms with E-state index in [0.717, 1.165) is 0 Å². The van der Waals surface area contributed by atoms with Gasteiger partial charge in [0.2, 0.25) is 11.8 Å². The van der Waals surface area contributed by atoms with E-state index in [2.05, 4.69) is 5.32 Å². The summed E-state index contributed by atoms with van der Waals surface area (Å²) in [5.74, 6) is -1.13. The molecule has 5 nitrogen and oxygen atoms in total. The summed E-state index contributed by atoms with van der Waals surface area (Å²) < 4.78 is 13.8. The summed E-state index contributed by atoms with van der Waals surface area (Å²) in [5.41, 5.74) is 0.246. The van der Waals surface area contributed by atoms with Gasteiger partial charge in [0, 0.05) is 33.1 Å². The molecule has 7 heteroatoms. The highest BCUT2D eigenvalue weighted by molar-refractivity contribution is 6.00. The van der Waals surface area contributed by atoms with Crippen LogP contribution in [0.25, 0.3) is 0 Å². The van der Waals surface area contributed by atoms with Crippen LogP contribution in [0.4, 0.5) is 10.1 Å². The fourth-order valence-electron chi connectivity index (χ4n) is 2.48. The third kappa shape index (κ3) is 3.96. The minimum Gasteiger partial charge on any atom is -0.344 e. The zero-order valence-corrected chi connectivity index (χ0v) is 13.5. The van der Waals surface area contributed by atoms with Crippen molar-refractivity contribution in [2.24, 2.45) is 5.92 Å². The predicted molar refractivity (Wildman–Crippen MR) is 85.7 cm³/mol. The van der Waals surface area contributed by atoms with Crippen molar-refractivity contribution in [3.8, 4) is 0 Å². The number of halogens is 2. The molecular formula is C15H21ClFN3O2. The molecule has 0 bridgehead atoms. The van der Waals surface area contributed by atoms with Gasteiger partial charge in [0.05, 0.1) is 11.6 Å². The molecule has 0 aliphatic carbocycles. The lowest BCUT2D eigenvalue weighted by Gasteiger charge is -2.21. The number of anilines is 1. The Morgan fingerprint density at radius 2 is 2.14 bits per heavy atom. The first kappa shape index (κ1) is 18.4. The van der Waals surface area contributed by atoms with Crippen molar-refractivity contribution >= 4 is 29.9 Å². The average molecular weight is 330 g/mol. The van der Waals surface area contributed by atoms with Gasteiger partial charge in [-0.3, -0.25) is 9.59 Å². The minimum atomic E-state index is -0.442. The number of benzene rings is 1. The molecule has 0 radical (unpaired) electrons. The number of carbonyl (C=O) groups excluding carboxylic acids is 2. The zero-order chi connectivity index (χ0) is 15.4. The lowest BCUT2D eigenvalue weighted by Crippen LogP contribution is -2.38. The Hall–Kier alpha value is -1.66. The number of likely N-dealkylation sites (N-methyl/N-ethyl adjacent to an activating group) is 2. The largest absolute Gasteiger partial charge is 0.344 e. The molecule has 2 rings (SSSR count). The summed E-state index contributed by atoms with van der Waals surface area (Å²) in [7, 11) is 3.53. The second-order valence-electron chi connectivity index (χ2n) is 5.22. The summed E-state index contributed by atoms with van der Waals surface area (Å²) >= 11 is 0. The molecule has 122 valence electrons. The first-order valence-electron chi connectivity index (χ1n) is 6.99. The highest BCUT2D eigenvalue weighted by Gasteiger charge is 2.37. The molecule has 0 aromatic heterocycles. The zero-order valence-electron chi connectivity index (χ0n) is 12.7. The Morgan fingerprint density at radius 3 is 2.77 bits per heavy atom. The number of rotatable bonds is 5. The molecule has 1 unspecified atom stereocenters. The Kier molecular flexibility index (Phi) is 6.77. The van der Waals surface area contributed by atoms with Crippen molar-refractivity contribution in [2.75, 3.05) is 38.6 Å². The second-order valence-corrected chi connectivity index (χ2v) is 5.22. The van der Waals surface area contributed by atoms with E-state index >= 15 is 0 Å². The van der Waals surface area contributed by atoms with Gasteiger partial charge >= 0.3 is 0 Å². The van der Waals surface area contributed by atoms with Crippen LogP contribution >= 0.6 is 12.4 Å². The van der Waals surface area contributed by atoms with E-state index in [4.69, 9.17) is 0 Å². The first-order chi connectivity index (χ1) is 10.0. The van der Waals surface area contributed by atoms with Crippen LogP contribution in [0.15, 0.2) is 24.3 Å². The topological polar surface area (TPSA) is 52.7 Å². The maximum atomic E-state index is 13.8. The molecule has 1 aliphatic rings. The van der Waals surface area contributed by atoms with Crippen molar-refractivity contribution in [3.05, 3.63) is 30.1 Å². The van der Waals surface area contributed by atoms with Gasteiger partial charge in [-0.15, -0.1) is 12.4 Å². The van der Waals surface area contributed by atoms with Gasteiger partial charge in [-0.25, -0.2) is 4.39 Å². The van der Waals surface area contributed by atoms with Crippen molar-refractivity contribution < 1.29 is 14.0 Å². The van der Waals surface area contributed by atoms with Crippen LogP contribution in [0, 0.1) is 11.7 Å². The normalized spacial score (nSPS) is 17.3. The van der Waals surface area contributed by atoms with Crippen molar-refractivity contribution in [1.29, 1.82) is 0 Å². The molecule has 1 atom stereocenters. The number of hydrogen-bond acceptors (Lipinski definition) is 3. The summed E-state index contributed by atoms with van der Waals surface area (Å²) in [5, 5.41) is 2.97. The second kappa shape index (κ2) is 8.10. The van der Waals surface area contributed by atoms with Crippen molar-refractivity contribution in [3.63, 3.8) is 0 Å². The number of amides is 2. The molecule has 0 spiro atoms. The molecular weight excluding hydrogens is 309 g/mol. The molecule has 0 saturated carbocycles. The number of carbonyl (C=O) groups is 2. The van der Waals surface area contributed by atoms with Gasteiger partial charge in [-0.1, -0.05) is 12.1 Å². The van der Waals surface area contributed by atoms with E-state index in [1.165, 1.54) is 11.0 Å². The number of hydrogen-bond donors (Lipinski definition) is 1. The Morgan fingerprint density at radius 1 is 1.45 bits per heavy atom. The summed E-state index contributed by atoms with van der Waals surface area (Å²) in [4.78, 5) is 27.3. The van der Waals surface area contributed by atoms with Crippen LogP contribution in [0.2, 0.25) is 0 Å². The van der Waals surface area contributed by atoms with Crippen LogP contribution in [-0.2, 0) is 9.59 Å². The standard InChI is InChI=1S/C15H20FN3O2.ClH/c1-17-7-8-18(2)15(21)11-9-14(20)19(10-11)13-6-4-3-5-12(13)16;/h3-6,11,17H,7-10H2,1-2H3;1H. The number of nitrogens with zero attached hydrogens (tertiary/aromatic N) is 2. The van der Waals surface area contributed by atoms with E-state index in [9.17, 15) is 14.0 Å². The molecule has 1 N–H and O–H groups in total. The van der Waals surface area contributed by atoms with Crippen LogP contribution < -0.4 is 10.2 Å². The van der Waals surface area contributed by atoms with Gasteiger partial charge in [0.15, 0.2) is 0 Å². The van der Waals surface area contributed by atoms with Gasteiger partial charge in [-0.2, -0.15) is 0 Å². The predicted octanol–water partition coefficient (Wildman–Crippen LogP) is 1.28. The summed E-state index contributed by atoms with van der Waals surface area (Å²) in [6.07, 6.45) is 0.136. The van der Waals surface area contributed by atoms with E-state index in [0.29, 0.717) is 13.1 Å². The van der Waals surface area contributed by atoms with Crippen molar-refractivity contribution in [1.82, 2.24) is 10.2 Å². The van der Waals surface area contributed by atoms with Gasteiger partial charge in [0.25, 0.3) is 0 Å². The summed E-state index contributed by atoms with van der Waals surface area (Å²) in [6, 6.07) is 6.13. The van der Waals surface area contributed by atoms with Gasteiger partial charge in [0.1, 0.15) is 5.82 Å². The average Bonchev–Trinajstić information content (AvgIpc) is 2.86. The third-order valence-corrected chi connectivity index (χ3v) is 3.69. The van der Waals surface area contributed by atoms with E-state index in [-0.39, 0.29) is 42.9 Å². The lowest BCUT2D eigenvalue weighted by atomic mass is 10.1. The fraction of sp³-hybridized carbons (Fsp3) is 0.467. The van der Waals surface area contributed by atoms with Gasteiger partial charge < -0.3 is 15.1 Å². The Labute approximate surface area is 135 Å². The van der Waals surface area contributed by atoms with Crippen LogP contribution in [0.5, 0.6) is 0 Å². The number of nitrogens with one attached hydrogen (secondary N) is 1. The monoisotopic (exact) mass is 329 g/mol. The third-order valence-electron chi connectivity index (χ3n) is 3.69. The van der Waals surface area contributed by atoms with Crippen LogP contribution in [0.3, 0.4) is 0 Å². The quantitative estimate of drug-likeness (QED) is 0.885. The molecule has 1 heterocycles. The molecule has 1 aliphatic heterocycles. The maximum absolute atomic E-state index is 13.8. The molecule has 1 aromatic rings. The lowest BCUT2D eigenvalue weighted by molar-refractivity contribution is -0.134. The number of para-hydroxylation sites is 1. The van der Waals surface area contributed by atoms with Gasteiger partial charge in [-0.05, 0) is 19.2 Å².